The normalized spacial score (nSPS) is 12.8. The van der Waals surface area contributed by atoms with Crippen LogP contribution in [0.3, 0.4) is 0 Å². The van der Waals surface area contributed by atoms with Crippen molar-refractivity contribution in [3.8, 4) is 11.5 Å². The number of rotatable bonds is 17. The van der Waals surface area contributed by atoms with Gasteiger partial charge in [-0.15, -0.1) is 11.6 Å². The van der Waals surface area contributed by atoms with Crippen molar-refractivity contribution in [1.82, 2.24) is 10.2 Å². The van der Waals surface area contributed by atoms with E-state index in [-0.39, 0.29) is 34.5 Å². The third-order valence-corrected chi connectivity index (χ3v) is 9.08. The third-order valence-electron chi connectivity index (χ3n) is 7.42. The summed E-state index contributed by atoms with van der Waals surface area (Å²) in [7, 11) is -3.37. The van der Waals surface area contributed by atoms with Gasteiger partial charge in [-0.25, -0.2) is 13.2 Å². The molecule has 0 heterocycles. The summed E-state index contributed by atoms with van der Waals surface area (Å²) in [5, 5.41) is 21.9. The molecule has 3 N–H and O–H groups in total. The zero-order valence-corrected chi connectivity index (χ0v) is 30.0. The Labute approximate surface area is 298 Å². The topological polar surface area (TPSA) is 137 Å². The van der Waals surface area contributed by atoms with E-state index in [2.05, 4.69) is 12.2 Å². The summed E-state index contributed by atoms with van der Waals surface area (Å²) in [4.78, 5) is 26.5. The molecule has 12 heteroatoms. The Balaban J connectivity index is 1.87. The fourth-order valence-corrected chi connectivity index (χ4v) is 5.82. The average molecular weight is 727 g/mol. The van der Waals surface area contributed by atoms with Gasteiger partial charge in [0.1, 0.15) is 17.3 Å². The Bertz CT molecular complexity index is 1790. The zero-order chi connectivity index (χ0) is 36.0. The van der Waals surface area contributed by atoms with Gasteiger partial charge in [0.15, 0.2) is 9.84 Å². The molecule has 0 radical (unpaired) electrons. The summed E-state index contributed by atoms with van der Waals surface area (Å²) in [6, 6.07) is 18.8. The number of hydrogen-bond donors (Lipinski definition) is 3. The van der Waals surface area contributed by atoms with Gasteiger partial charge >= 0.3 is 5.97 Å². The molecule has 260 valence electrons. The number of nitrogens with one attached hydrogen (secondary N) is 2. The predicted octanol–water partition coefficient (Wildman–Crippen LogP) is 7.75. The number of benzene rings is 3. The van der Waals surface area contributed by atoms with Gasteiger partial charge in [0, 0.05) is 29.9 Å². The smallest absolute Gasteiger partial charge is 0.335 e. The maximum atomic E-state index is 13.4. The first-order chi connectivity index (χ1) is 23.3. The molecule has 1 unspecified atom stereocenters. The first-order valence-electron chi connectivity index (χ1n) is 15.6. The Kier molecular flexibility index (Phi) is 15.1. The molecular weight excluding hydrogens is 685 g/mol. The third kappa shape index (κ3) is 12.5. The average Bonchev–Trinajstić information content (AvgIpc) is 3.07. The second-order valence-corrected chi connectivity index (χ2v) is 13.9. The van der Waals surface area contributed by atoms with Crippen molar-refractivity contribution in [3.05, 3.63) is 125 Å². The van der Waals surface area contributed by atoms with E-state index < -0.39 is 21.8 Å². The number of alkyl halides is 1. The minimum absolute atomic E-state index is 0.00633. The number of aromatic carboxylic acids is 1. The maximum absolute atomic E-state index is 13.4. The lowest BCUT2D eigenvalue weighted by Gasteiger charge is -2.28. The minimum atomic E-state index is -3.37. The van der Waals surface area contributed by atoms with Crippen LogP contribution in [0.15, 0.2) is 113 Å². The maximum Gasteiger partial charge on any atom is 0.335 e. The van der Waals surface area contributed by atoms with E-state index in [0.717, 1.165) is 30.2 Å². The predicted molar refractivity (Wildman–Crippen MR) is 196 cm³/mol. The highest BCUT2D eigenvalue weighted by atomic mass is 35.5. The number of ether oxygens (including phenoxy) is 1. The van der Waals surface area contributed by atoms with E-state index in [1.807, 2.05) is 31.2 Å². The number of unbranched alkanes of at least 4 members (excludes halogenated alkanes) is 1. The molecule has 0 aromatic heterocycles. The highest BCUT2D eigenvalue weighted by Crippen LogP contribution is 2.23. The van der Waals surface area contributed by atoms with Gasteiger partial charge < -0.3 is 20.1 Å². The van der Waals surface area contributed by atoms with E-state index in [9.17, 15) is 23.4 Å². The van der Waals surface area contributed by atoms with E-state index in [1.54, 1.807) is 53.6 Å². The lowest BCUT2D eigenvalue weighted by molar-refractivity contribution is -0.120. The summed E-state index contributed by atoms with van der Waals surface area (Å²) < 4.78 is 29.6. The minimum Gasteiger partial charge on any atom is -0.478 e. The van der Waals surface area contributed by atoms with E-state index >= 15 is 0 Å². The number of allylic oxidation sites excluding steroid dienone is 5. The Hall–Kier alpha value is -4.38. The summed E-state index contributed by atoms with van der Waals surface area (Å²) in [5.74, 6) is 0.101. The Morgan fingerprint density at radius 2 is 1.59 bits per heavy atom. The quantitative estimate of drug-likeness (QED) is 0.0560. The van der Waals surface area contributed by atoms with E-state index in [0.29, 0.717) is 35.1 Å². The molecule has 0 bridgehead atoms. The number of carboxylic acids is 1. The van der Waals surface area contributed by atoms with Crippen LogP contribution in [-0.4, -0.2) is 60.9 Å². The van der Waals surface area contributed by atoms with Crippen molar-refractivity contribution >= 4 is 50.8 Å². The molecule has 0 aliphatic heterocycles. The molecule has 3 aromatic carbocycles. The van der Waals surface area contributed by atoms with Gasteiger partial charge in [0.25, 0.3) is 0 Å². The van der Waals surface area contributed by atoms with Gasteiger partial charge in [0.05, 0.1) is 22.9 Å². The highest BCUT2D eigenvalue weighted by molar-refractivity contribution is 7.90. The van der Waals surface area contributed by atoms with Gasteiger partial charge in [-0.2, -0.15) is 0 Å². The zero-order valence-electron chi connectivity index (χ0n) is 27.7. The van der Waals surface area contributed by atoms with Gasteiger partial charge in [-0.3, -0.25) is 10.2 Å². The SMILES string of the molecule is C/C=C(/C=C/N(CCCC)C(=N)C(Cc1ccc(Oc2ccc(C(=O)O)cc2)cc1)NC(=O)Cc1ccc(S(C)(=O)=O)cc1)C(\Cl)=C/CCl. The molecule has 49 heavy (non-hydrogen) atoms. The second-order valence-electron chi connectivity index (χ2n) is 11.2. The van der Waals surface area contributed by atoms with Crippen LogP contribution in [0.1, 0.15) is 48.2 Å². The number of halogens is 2. The fourth-order valence-electron chi connectivity index (χ4n) is 4.71. The number of amidine groups is 1. The monoisotopic (exact) mass is 725 g/mol. The highest BCUT2D eigenvalue weighted by Gasteiger charge is 2.23. The summed E-state index contributed by atoms with van der Waals surface area (Å²) in [6.45, 7) is 4.45. The standard InChI is InChI=1S/C37H41Cl2N3O6S/c1-4-6-22-42(23-20-28(5-2)33(39)19-21-38)36(40)34(41-35(43)25-27-9-17-32(18-10-27)49(3,46)47)24-26-7-13-30(14-8-26)48-31-15-11-29(12-16-31)37(44)45/h5,7-20,23,34,40H,4,6,21-22,24-25H2,1-3H3,(H,41,43)(H,44,45)/b23-20+,28-5-,33-19+,40-36?. The van der Waals surface area contributed by atoms with Crippen LogP contribution < -0.4 is 10.1 Å². The van der Waals surface area contributed by atoms with Crippen LogP contribution in [0, 0.1) is 5.41 Å². The second kappa shape index (κ2) is 19.0. The van der Waals surface area contributed by atoms with Crippen LogP contribution in [0.25, 0.3) is 0 Å². The van der Waals surface area contributed by atoms with E-state index in [1.165, 1.54) is 24.3 Å². The lowest BCUT2D eigenvalue weighted by Crippen LogP contribution is -2.48. The number of carboxylic acid groups (broad SMARTS) is 1. The number of hydrogen-bond acceptors (Lipinski definition) is 6. The molecular formula is C37H41Cl2N3O6S. The first kappa shape index (κ1) is 39.1. The Morgan fingerprint density at radius 3 is 2.12 bits per heavy atom. The molecule has 3 aromatic rings. The van der Waals surface area contributed by atoms with Crippen molar-refractivity contribution in [1.29, 1.82) is 5.41 Å². The van der Waals surface area contributed by atoms with Crippen molar-refractivity contribution in [2.45, 2.75) is 50.5 Å². The molecule has 0 fully saturated rings. The molecule has 0 aliphatic carbocycles. The molecule has 9 nitrogen and oxygen atoms in total. The van der Waals surface area contributed by atoms with Gasteiger partial charge in [-0.1, -0.05) is 61.4 Å². The summed E-state index contributed by atoms with van der Waals surface area (Å²) in [5.41, 5.74) is 2.36. The molecule has 1 amide bonds. The molecule has 0 aliphatic rings. The van der Waals surface area contributed by atoms with Gasteiger partial charge in [0.2, 0.25) is 5.91 Å². The fraction of sp³-hybridized carbons (Fsp3) is 0.270. The van der Waals surface area contributed by atoms with Crippen LogP contribution in [-0.2, 0) is 27.5 Å². The number of carbonyl (C=O) groups is 2. The van der Waals surface area contributed by atoms with Crippen molar-refractivity contribution in [2.75, 3.05) is 18.7 Å². The first-order valence-corrected chi connectivity index (χ1v) is 18.4. The number of amides is 1. The molecule has 0 saturated carbocycles. The summed E-state index contributed by atoms with van der Waals surface area (Å²) in [6.07, 6.45) is 10.2. The van der Waals surface area contributed by atoms with Crippen molar-refractivity contribution in [3.63, 3.8) is 0 Å². The molecule has 3 rings (SSSR count). The summed E-state index contributed by atoms with van der Waals surface area (Å²) >= 11 is 12.3. The van der Waals surface area contributed by atoms with Crippen LogP contribution in [0.4, 0.5) is 0 Å². The van der Waals surface area contributed by atoms with Crippen LogP contribution in [0.5, 0.6) is 11.5 Å². The van der Waals surface area contributed by atoms with Crippen LogP contribution in [0.2, 0.25) is 0 Å². The number of carbonyl (C=O) groups excluding carboxylic acids is 1. The van der Waals surface area contributed by atoms with Crippen molar-refractivity contribution in [2.24, 2.45) is 0 Å². The molecule has 1 atom stereocenters. The Morgan fingerprint density at radius 1 is 1.00 bits per heavy atom. The van der Waals surface area contributed by atoms with Crippen LogP contribution >= 0.6 is 23.2 Å². The number of sulfone groups is 1. The largest absolute Gasteiger partial charge is 0.478 e. The van der Waals surface area contributed by atoms with E-state index in [4.69, 9.17) is 33.0 Å². The van der Waals surface area contributed by atoms with Crippen molar-refractivity contribution < 1.29 is 27.9 Å². The molecule has 0 spiro atoms. The lowest BCUT2D eigenvalue weighted by atomic mass is 10.0. The molecule has 0 saturated heterocycles. The van der Waals surface area contributed by atoms with Gasteiger partial charge in [-0.05, 0) is 91.1 Å². The number of nitrogens with zero attached hydrogens (tertiary/aromatic N) is 1.